The van der Waals surface area contributed by atoms with Crippen LogP contribution in [0.5, 0.6) is 0 Å². The van der Waals surface area contributed by atoms with Crippen LogP contribution in [0.4, 0.5) is 0 Å². The molecule has 2 nitrogen and oxygen atoms in total. The van der Waals surface area contributed by atoms with Crippen LogP contribution in [0.2, 0.25) is 0 Å². The van der Waals surface area contributed by atoms with E-state index in [-0.39, 0.29) is 18.0 Å². The first-order valence-corrected chi connectivity index (χ1v) is 7.21. The first-order chi connectivity index (χ1) is 7.77. The molecule has 0 aliphatic rings. The average Bonchev–Trinajstić information content (AvgIpc) is 2.12. The predicted molar refractivity (Wildman–Crippen MR) is 83.6 cm³/mol. The van der Waals surface area contributed by atoms with Crippen molar-refractivity contribution in [3.63, 3.8) is 0 Å². The second-order valence-corrected chi connectivity index (χ2v) is 6.82. The first kappa shape index (κ1) is 20.5. The van der Waals surface area contributed by atoms with Crippen LogP contribution in [-0.2, 0) is 4.74 Å². The molecule has 0 amide bonds. The number of likely N-dealkylation sites (N-methyl/N-ethyl adjacent to an activating group) is 1. The molecule has 0 saturated carbocycles. The summed E-state index contributed by atoms with van der Waals surface area (Å²) in [5, 5.41) is 0. The molecule has 0 heterocycles. The van der Waals surface area contributed by atoms with Crippen molar-refractivity contribution < 1.29 is 9.22 Å². The van der Waals surface area contributed by atoms with Crippen LogP contribution in [-0.4, -0.2) is 44.4 Å². The van der Waals surface area contributed by atoms with Crippen LogP contribution >= 0.6 is 12.4 Å². The monoisotopic (exact) mass is 280 g/mol. The summed E-state index contributed by atoms with van der Waals surface area (Å²) in [6.07, 6.45) is 8.00. The van der Waals surface area contributed by atoms with Gasteiger partial charge in [-0.25, -0.2) is 0 Å². The highest BCUT2D eigenvalue weighted by molar-refractivity contribution is 5.85. The molecule has 0 spiro atoms. The number of ether oxygens (including phenoxy) is 1. The largest absolute Gasteiger partial charge is 0.370 e. The Labute approximate surface area is 121 Å². The molecule has 0 saturated heterocycles. The fourth-order valence-corrected chi connectivity index (χ4v) is 2.42. The Kier molecular flexibility index (Phi) is 11.5. The van der Waals surface area contributed by atoms with Gasteiger partial charge >= 0.3 is 0 Å². The number of hydrogen-bond acceptors (Lipinski definition) is 1. The molecule has 0 aromatic rings. The Morgan fingerprint density at radius 1 is 0.889 bits per heavy atom. The van der Waals surface area contributed by atoms with Crippen molar-refractivity contribution in [3.05, 3.63) is 0 Å². The van der Waals surface area contributed by atoms with Crippen LogP contribution < -0.4 is 0 Å². The third kappa shape index (κ3) is 14.3. The van der Waals surface area contributed by atoms with Gasteiger partial charge in [-0.3, -0.25) is 0 Å². The topological polar surface area (TPSA) is 9.23 Å². The molecule has 0 aliphatic carbocycles. The second-order valence-electron chi connectivity index (χ2n) is 6.82. The zero-order valence-electron chi connectivity index (χ0n) is 13.4. The predicted octanol–water partition coefficient (Wildman–Crippen LogP) is 4.27. The van der Waals surface area contributed by atoms with E-state index in [0.29, 0.717) is 0 Å². The minimum absolute atomic E-state index is 0. The van der Waals surface area contributed by atoms with Crippen molar-refractivity contribution in [3.8, 4) is 0 Å². The van der Waals surface area contributed by atoms with E-state index in [1.807, 2.05) is 0 Å². The highest BCUT2D eigenvalue weighted by Gasteiger charge is 2.26. The number of hydrogen-bond donors (Lipinski definition) is 0. The lowest BCUT2D eigenvalue weighted by Crippen LogP contribution is -2.47. The van der Waals surface area contributed by atoms with Gasteiger partial charge in [0.05, 0.1) is 21.1 Å². The standard InChI is InChI=1S/C15H34NO.ClH/c1-7-8-9-10-11-12-13-17-15(2,3)14-16(4,5)6;/h7-14H2,1-6H3;1H/q+1;. The van der Waals surface area contributed by atoms with Gasteiger partial charge in [-0.05, 0) is 20.3 Å². The van der Waals surface area contributed by atoms with Crippen molar-refractivity contribution in [2.24, 2.45) is 0 Å². The van der Waals surface area contributed by atoms with Crippen molar-refractivity contribution in [2.45, 2.75) is 64.9 Å². The summed E-state index contributed by atoms with van der Waals surface area (Å²) in [5.74, 6) is 0. The van der Waals surface area contributed by atoms with Crippen molar-refractivity contribution in [1.82, 2.24) is 0 Å². The minimum atomic E-state index is 0. The lowest BCUT2D eigenvalue weighted by molar-refractivity contribution is -0.876. The lowest BCUT2D eigenvalue weighted by atomic mass is 10.1. The molecule has 0 rings (SSSR count). The molecule has 0 radical (unpaired) electrons. The summed E-state index contributed by atoms with van der Waals surface area (Å²) in [6.45, 7) is 8.64. The third-order valence-corrected chi connectivity index (χ3v) is 2.85. The summed E-state index contributed by atoms with van der Waals surface area (Å²) >= 11 is 0. The minimum Gasteiger partial charge on any atom is -0.370 e. The fraction of sp³-hybridized carbons (Fsp3) is 1.00. The number of rotatable bonds is 10. The number of quaternary nitrogens is 1. The molecule has 0 N–H and O–H groups in total. The number of nitrogens with zero attached hydrogens (tertiary/aromatic N) is 1. The van der Waals surface area contributed by atoms with Crippen molar-refractivity contribution in [1.29, 1.82) is 0 Å². The zero-order chi connectivity index (χ0) is 13.4. The van der Waals surface area contributed by atoms with E-state index in [1.54, 1.807) is 0 Å². The summed E-state index contributed by atoms with van der Waals surface area (Å²) in [5.41, 5.74) is 0.00166. The molecule has 0 unspecified atom stereocenters. The molecular weight excluding hydrogens is 246 g/mol. The second kappa shape index (κ2) is 10.1. The molecule has 112 valence electrons. The van der Waals surface area contributed by atoms with E-state index in [2.05, 4.69) is 41.9 Å². The Bertz CT molecular complexity index is 187. The number of unbranched alkanes of at least 4 members (excludes halogenated alkanes) is 5. The van der Waals surface area contributed by atoms with E-state index in [0.717, 1.165) is 17.6 Å². The summed E-state index contributed by atoms with van der Waals surface area (Å²) in [4.78, 5) is 0. The maximum atomic E-state index is 6.00. The molecule has 0 bridgehead atoms. The van der Waals surface area contributed by atoms with E-state index in [1.165, 1.54) is 38.5 Å². The van der Waals surface area contributed by atoms with Gasteiger partial charge in [0.1, 0.15) is 12.1 Å². The third-order valence-electron chi connectivity index (χ3n) is 2.85. The molecule has 0 atom stereocenters. The first-order valence-electron chi connectivity index (χ1n) is 7.21. The molecule has 0 aliphatic heterocycles. The van der Waals surface area contributed by atoms with Crippen LogP contribution in [0.3, 0.4) is 0 Å². The van der Waals surface area contributed by atoms with Gasteiger partial charge in [-0.1, -0.05) is 39.0 Å². The van der Waals surface area contributed by atoms with Crippen LogP contribution in [0, 0.1) is 0 Å². The van der Waals surface area contributed by atoms with Crippen LogP contribution in [0.15, 0.2) is 0 Å². The van der Waals surface area contributed by atoms with Gasteiger partial charge in [-0.2, -0.15) is 0 Å². The van der Waals surface area contributed by atoms with Crippen LogP contribution in [0.25, 0.3) is 0 Å². The van der Waals surface area contributed by atoms with E-state index in [9.17, 15) is 0 Å². The fourth-order valence-electron chi connectivity index (χ4n) is 2.42. The Morgan fingerprint density at radius 3 is 1.89 bits per heavy atom. The van der Waals surface area contributed by atoms with E-state index < -0.39 is 0 Å². The summed E-state index contributed by atoms with van der Waals surface area (Å²) in [6, 6.07) is 0. The van der Waals surface area contributed by atoms with Crippen molar-refractivity contribution in [2.75, 3.05) is 34.3 Å². The molecule has 18 heavy (non-hydrogen) atoms. The molecule has 0 fully saturated rings. The maximum Gasteiger partial charge on any atom is 0.111 e. The normalized spacial score (nSPS) is 12.3. The SMILES string of the molecule is CCCCCCCCOC(C)(C)C[N+](C)(C)C.Cl. The number of halogens is 1. The smallest absolute Gasteiger partial charge is 0.111 e. The highest BCUT2D eigenvalue weighted by Crippen LogP contribution is 2.14. The van der Waals surface area contributed by atoms with Crippen molar-refractivity contribution >= 4 is 12.4 Å². The zero-order valence-corrected chi connectivity index (χ0v) is 14.2. The Morgan fingerprint density at radius 2 is 1.39 bits per heavy atom. The quantitative estimate of drug-likeness (QED) is 0.429. The van der Waals surface area contributed by atoms with Gasteiger partial charge < -0.3 is 9.22 Å². The van der Waals surface area contributed by atoms with Gasteiger partial charge in [0.2, 0.25) is 0 Å². The summed E-state index contributed by atoms with van der Waals surface area (Å²) in [7, 11) is 6.65. The lowest BCUT2D eigenvalue weighted by Gasteiger charge is -2.34. The van der Waals surface area contributed by atoms with Gasteiger partial charge in [0, 0.05) is 6.61 Å². The van der Waals surface area contributed by atoms with E-state index in [4.69, 9.17) is 4.74 Å². The maximum absolute atomic E-state index is 6.00. The van der Waals surface area contributed by atoms with Gasteiger partial charge in [-0.15, -0.1) is 12.4 Å². The highest BCUT2D eigenvalue weighted by atomic mass is 35.5. The van der Waals surface area contributed by atoms with Gasteiger partial charge in [0.15, 0.2) is 0 Å². The average molecular weight is 281 g/mol. The Hall–Kier alpha value is 0.210. The van der Waals surface area contributed by atoms with E-state index >= 15 is 0 Å². The molecular formula is C15H35ClNO+. The molecule has 0 aromatic heterocycles. The van der Waals surface area contributed by atoms with Crippen LogP contribution in [0.1, 0.15) is 59.3 Å². The molecule has 0 aromatic carbocycles. The summed E-state index contributed by atoms with van der Waals surface area (Å²) < 4.78 is 6.96. The Balaban J connectivity index is 0. The van der Waals surface area contributed by atoms with Gasteiger partial charge in [0.25, 0.3) is 0 Å². The molecule has 3 heteroatoms.